The highest BCUT2D eigenvalue weighted by molar-refractivity contribution is 6.16. The summed E-state index contributed by atoms with van der Waals surface area (Å²) in [5, 5.41) is 0. The van der Waals surface area contributed by atoms with E-state index in [1.807, 2.05) is 0 Å². The van der Waals surface area contributed by atoms with E-state index >= 15 is 0 Å². The Balaban J connectivity index is 2.31. The van der Waals surface area contributed by atoms with E-state index < -0.39 is 6.04 Å². The minimum Gasteiger partial charge on any atom is -0.269 e. The summed E-state index contributed by atoms with van der Waals surface area (Å²) in [5.41, 5.74) is 1.02. The summed E-state index contributed by atoms with van der Waals surface area (Å²) in [5.74, 6) is -1.03. The lowest BCUT2D eigenvalue weighted by Gasteiger charge is -2.23. The Morgan fingerprint density at radius 2 is 2.00 bits per heavy atom. The molecule has 1 aromatic carbocycles. The summed E-state index contributed by atoms with van der Waals surface area (Å²) in [6.07, 6.45) is 1.30. The second-order valence-electron chi connectivity index (χ2n) is 4.07. The number of carbonyl (C=O) groups excluding carboxylic acids is 2. The number of amides is 2. The standard InChI is InChI=1S/C13H12FNO2/c1-8-6-12(16)15(13(8)17)9(2)10-4-3-5-11(14)7-10/h3-7,9H,1-2H3. The van der Waals surface area contributed by atoms with E-state index in [1.54, 1.807) is 26.0 Å². The first kappa shape index (κ1) is 11.5. The van der Waals surface area contributed by atoms with Gasteiger partial charge in [-0.05, 0) is 31.5 Å². The molecule has 0 saturated heterocycles. The van der Waals surface area contributed by atoms with Crippen molar-refractivity contribution in [1.29, 1.82) is 0 Å². The fourth-order valence-electron chi connectivity index (χ4n) is 1.89. The van der Waals surface area contributed by atoms with Crippen molar-refractivity contribution in [2.45, 2.75) is 19.9 Å². The first-order chi connectivity index (χ1) is 8.00. The normalized spacial score (nSPS) is 17.4. The molecule has 0 aliphatic carbocycles. The summed E-state index contributed by atoms with van der Waals surface area (Å²) >= 11 is 0. The number of hydrogen-bond donors (Lipinski definition) is 0. The van der Waals surface area contributed by atoms with Crippen molar-refractivity contribution in [3.8, 4) is 0 Å². The molecule has 88 valence electrons. The Labute approximate surface area is 98.5 Å². The highest BCUT2D eigenvalue weighted by Crippen LogP contribution is 2.26. The van der Waals surface area contributed by atoms with Crippen LogP contribution in [0.4, 0.5) is 4.39 Å². The number of halogens is 1. The van der Waals surface area contributed by atoms with Crippen LogP contribution in [0.15, 0.2) is 35.9 Å². The molecule has 1 aliphatic heterocycles. The van der Waals surface area contributed by atoms with Crippen LogP contribution in [0.5, 0.6) is 0 Å². The molecule has 0 fully saturated rings. The molecule has 1 aromatic rings. The van der Waals surface area contributed by atoms with E-state index in [2.05, 4.69) is 0 Å². The number of imide groups is 1. The molecule has 17 heavy (non-hydrogen) atoms. The smallest absolute Gasteiger partial charge is 0.257 e. The van der Waals surface area contributed by atoms with Crippen LogP contribution in [-0.2, 0) is 9.59 Å². The molecule has 2 rings (SSSR count). The van der Waals surface area contributed by atoms with Crippen molar-refractivity contribution in [3.63, 3.8) is 0 Å². The zero-order valence-electron chi connectivity index (χ0n) is 9.61. The average Bonchev–Trinajstić information content (AvgIpc) is 2.52. The predicted molar refractivity (Wildman–Crippen MR) is 60.4 cm³/mol. The van der Waals surface area contributed by atoms with Crippen LogP contribution in [-0.4, -0.2) is 16.7 Å². The summed E-state index contributed by atoms with van der Waals surface area (Å²) in [6.45, 7) is 3.30. The van der Waals surface area contributed by atoms with Gasteiger partial charge in [0.2, 0.25) is 0 Å². The Morgan fingerprint density at radius 3 is 2.53 bits per heavy atom. The van der Waals surface area contributed by atoms with Crippen LogP contribution in [0, 0.1) is 5.82 Å². The maximum atomic E-state index is 13.1. The average molecular weight is 233 g/mol. The number of benzene rings is 1. The van der Waals surface area contributed by atoms with Crippen molar-refractivity contribution in [2.75, 3.05) is 0 Å². The van der Waals surface area contributed by atoms with Gasteiger partial charge >= 0.3 is 0 Å². The first-order valence-electron chi connectivity index (χ1n) is 5.32. The molecule has 0 spiro atoms. The topological polar surface area (TPSA) is 37.4 Å². The molecule has 1 aliphatic rings. The van der Waals surface area contributed by atoms with Crippen molar-refractivity contribution >= 4 is 11.8 Å². The van der Waals surface area contributed by atoms with Gasteiger partial charge in [0.1, 0.15) is 5.82 Å². The molecular formula is C13H12FNO2. The van der Waals surface area contributed by atoms with Crippen molar-refractivity contribution in [2.24, 2.45) is 0 Å². The molecule has 0 saturated carbocycles. The molecule has 1 heterocycles. The second-order valence-corrected chi connectivity index (χ2v) is 4.07. The lowest BCUT2D eigenvalue weighted by Crippen LogP contribution is -2.33. The lowest BCUT2D eigenvalue weighted by atomic mass is 10.1. The molecule has 0 aromatic heterocycles. The molecule has 3 nitrogen and oxygen atoms in total. The van der Waals surface area contributed by atoms with E-state index in [0.29, 0.717) is 11.1 Å². The molecule has 0 radical (unpaired) electrons. The van der Waals surface area contributed by atoms with Crippen molar-refractivity contribution in [1.82, 2.24) is 4.90 Å². The van der Waals surface area contributed by atoms with Crippen molar-refractivity contribution < 1.29 is 14.0 Å². The van der Waals surface area contributed by atoms with Crippen LogP contribution < -0.4 is 0 Å². The number of rotatable bonds is 2. The first-order valence-corrected chi connectivity index (χ1v) is 5.32. The molecule has 2 amide bonds. The maximum absolute atomic E-state index is 13.1. The minimum absolute atomic E-state index is 0.313. The summed E-state index contributed by atoms with van der Waals surface area (Å²) in [4.78, 5) is 24.5. The fraction of sp³-hybridized carbons (Fsp3) is 0.231. The van der Waals surface area contributed by atoms with Gasteiger partial charge in [-0.15, -0.1) is 0 Å². The van der Waals surface area contributed by atoms with E-state index in [1.165, 1.54) is 18.2 Å². The Bertz CT molecular complexity index is 522. The Kier molecular flexibility index (Phi) is 2.79. The number of hydrogen-bond acceptors (Lipinski definition) is 2. The fourth-order valence-corrected chi connectivity index (χ4v) is 1.89. The van der Waals surface area contributed by atoms with Gasteiger partial charge in [-0.2, -0.15) is 0 Å². The number of carbonyl (C=O) groups is 2. The Morgan fingerprint density at radius 1 is 1.29 bits per heavy atom. The van der Waals surface area contributed by atoms with E-state index in [-0.39, 0.29) is 17.6 Å². The molecule has 0 N–H and O–H groups in total. The van der Waals surface area contributed by atoms with Gasteiger partial charge in [-0.25, -0.2) is 4.39 Å². The molecule has 1 atom stereocenters. The predicted octanol–water partition coefficient (Wildman–Crippen LogP) is 2.20. The van der Waals surface area contributed by atoms with E-state index in [9.17, 15) is 14.0 Å². The summed E-state index contributed by atoms with van der Waals surface area (Å²) < 4.78 is 13.1. The minimum atomic E-state index is -0.459. The van der Waals surface area contributed by atoms with Crippen LogP contribution in [0.2, 0.25) is 0 Å². The van der Waals surface area contributed by atoms with Gasteiger partial charge in [0.15, 0.2) is 0 Å². The Hall–Kier alpha value is -1.97. The van der Waals surface area contributed by atoms with Gasteiger partial charge in [0.25, 0.3) is 11.8 Å². The van der Waals surface area contributed by atoms with Crippen LogP contribution in [0.3, 0.4) is 0 Å². The highest BCUT2D eigenvalue weighted by atomic mass is 19.1. The number of nitrogens with zero attached hydrogens (tertiary/aromatic N) is 1. The largest absolute Gasteiger partial charge is 0.269 e. The quantitative estimate of drug-likeness (QED) is 0.734. The summed E-state index contributed by atoms with van der Waals surface area (Å²) in [6, 6.07) is 5.46. The maximum Gasteiger partial charge on any atom is 0.257 e. The van der Waals surface area contributed by atoms with Gasteiger partial charge in [0.05, 0.1) is 6.04 Å². The van der Waals surface area contributed by atoms with Gasteiger partial charge in [-0.1, -0.05) is 12.1 Å². The summed E-state index contributed by atoms with van der Waals surface area (Å²) in [7, 11) is 0. The SMILES string of the molecule is CC1=CC(=O)N(C(C)c2cccc(F)c2)C1=O. The third kappa shape index (κ3) is 1.98. The molecule has 1 unspecified atom stereocenters. The molecule has 0 bridgehead atoms. The molecule has 4 heteroatoms. The highest BCUT2D eigenvalue weighted by Gasteiger charge is 2.32. The zero-order valence-corrected chi connectivity index (χ0v) is 9.61. The van der Waals surface area contributed by atoms with Crippen LogP contribution in [0.1, 0.15) is 25.5 Å². The van der Waals surface area contributed by atoms with Crippen LogP contribution >= 0.6 is 0 Å². The van der Waals surface area contributed by atoms with Crippen molar-refractivity contribution in [3.05, 3.63) is 47.3 Å². The zero-order chi connectivity index (χ0) is 12.6. The van der Waals surface area contributed by atoms with E-state index in [4.69, 9.17) is 0 Å². The third-order valence-corrected chi connectivity index (χ3v) is 2.85. The monoisotopic (exact) mass is 233 g/mol. The van der Waals surface area contributed by atoms with Gasteiger partial charge in [0, 0.05) is 11.6 Å². The van der Waals surface area contributed by atoms with Gasteiger partial charge in [-0.3, -0.25) is 14.5 Å². The van der Waals surface area contributed by atoms with E-state index in [0.717, 1.165) is 4.90 Å². The lowest BCUT2D eigenvalue weighted by molar-refractivity contribution is -0.139. The second kappa shape index (κ2) is 4.13. The van der Waals surface area contributed by atoms with Crippen LogP contribution in [0.25, 0.3) is 0 Å². The molecular weight excluding hydrogens is 221 g/mol. The van der Waals surface area contributed by atoms with Gasteiger partial charge < -0.3 is 0 Å². The third-order valence-electron chi connectivity index (χ3n) is 2.85.